The Morgan fingerprint density at radius 2 is 2.25 bits per heavy atom. The number of piperidine rings is 1. The van der Waals surface area contributed by atoms with E-state index in [1.165, 1.54) is 0 Å². The molecule has 1 fully saturated rings. The minimum atomic E-state index is -0.0362. The molecule has 0 unspecified atom stereocenters. The molecule has 1 aliphatic rings. The topological polar surface area (TPSA) is 72.5 Å². The number of hydrogen-bond acceptors (Lipinski definition) is 5. The van der Waals surface area contributed by atoms with E-state index in [9.17, 15) is 9.90 Å². The van der Waals surface area contributed by atoms with Gasteiger partial charge in [-0.3, -0.25) is 9.89 Å². The van der Waals surface area contributed by atoms with Crippen molar-refractivity contribution in [3.05, 3.63) is 28.6 Å². The van der Waals surface area contributed by atoms with Crippen LogP contribution < -0.4 is 0 Å². The molecule has 1 aliphatic heterocycles. The summed E-state index contributed by atoms with van der Waals surface area (Å²) in [6.07, 6.45) is 0.960. The summed E-state index contributed by atoms with van der Waals surface area (Å²) in [6, 6.07) is 3.80. The lowest BCUT2D eigenvalue weighted by Gasteiger charge is -2.38. The first-order valence-corrected chi connectivity index (χ1v) is 9.14. The van der Waals surface area contributed by atoms with Gasteiger partial charge >= 0.3 is 0 Å². The Balaban J connectivity index is 1.73. The van der Waals surface area contributed by atoms with Gasteiger partial charge < -0.3 is 14.9 Å². The maximum Gasteiger partial charge on any atom is 0.271 e. The fraction of sp³-hybridized carbons (Fsp3) is 0.529. The zero-order valence-electron chi connectivity index (χ0n) is 14.1. The lowest BCUT2D eigenvalue weighted by molar-refractivity contribution is 0.0472. The highest BCUT2D eigenvalue weighted by molar-refractivity contribution is 7.08. The molecule has 3 rings (SSSR count). The average Bonchev–Trinajstić information content (AvgIpc) is 3.24. The molecule has 0 saturated carbocycles. The van der Waals surface area contributed by atoms with Gasteiger partial charge in [-0.1, -0.05) is 0 Å². The number of carbonyl (C=O) groups excluding carboxylic acids is 1. The van der Waals surface area contributed by atoms with Crippen LogP contribution in [0.1, 0.15) is 16.9 Å². The van der Waals surface area contributed by atoms with Gasteiger partial charge in [-0.05, 0) is 49.9 Å². The highest BCUT2D eigenvalue weighted by Crippen LogP contribution is 2.25. The van der Waals surface area contributed by atoms with Crippen LogP contribution in [0.3, 0.4) is 0 Å². The first-order chi connectivity index (χ1) is 11.6. The number of carbonyl (C=O) groups is 1. The first kappa shape index (κ1) is 17.1. The van der Waals surface area contributed by atoms with Crippen LogP contribution in [-0.2, 0) is 0 Å². The van der Waals surface area contributed by atoms with Crippen LogP contribution in [0.2, 0.25) is 0 Å². The second-order valence-electron chi connectivity index (χ2n) is 6.80. The van der Waals surface area contributed by atoms with Crippen molar-refractivity contribution in [1.82, 2.24) is 20.0 Å². The summed E-state index contributed by atoms with van der Waals surface area (Å²) >= 11 is 1.61. The van der Waals surface area contributed by atoms with Gasteiger partial charge in [-0.2, -0.15) is 16.4 Å². The van der Waals surface area contributed by atoms with Crippen molar-refractivity contribution in [3.8, 4) is 11.3 Å². The van der Waals surface area contributed by atoms with E-state index >= 15 is 0 Å². The van der Waals surface area contributed by atoms with Crippen LogP contribution in [0, 0.1) is 11.8 Å². The number of hydrogen-bond donors (Lipinski definition) is 2. The van der Waals surface area contributed by atoms with Gasteiger partial charge in [0.15, 0.2) is 0 Å². The molecule has 0 spiro atoms. The Hall–Kier alpha value is -1.70. The van der Waals surface area contributed by atoms with Gasteiger partial charge in [0.25, 0.3) is 5.91 Å². The first-order valence-electron chi connectivity index (χ1n) is 8.19. The van der Waals surface area contributed by atoms with Gasteiger partial charge in [-0.15, -0.1) is 0 Å². The van der Waals surface area contributed by atoms with Crippen molar-refractivity contribution in [3.63, 3.8) is 0 Å². The van der Waals surface area contributed by atoms with Crippen molar-refractivity contribution in [1.29, 1.82) is 0 Å². The van der Waals surface area contributed by atoms with Gasteiger partial charge in [0.05, 0.1) is 5.69 Å². The Bertz CT molecular complexity index is 668. The summed E-state index contributed by atoms with van der Waals surface area (Å²) < 4.78 is 0. The molecule has 1 saturated heterocycles. The van der Waals surface area contributed by atoms with Crippen LogP contribution in [-0.4, -0.2) is 71.3 Å². The molecular formula is C17H24N4O2S. The number of amides is 1. The molecular weight excluding hydrogens is 324 g/mol. The highest BCUT2D eigenvalue weighted by atomic mass is 32.1. The molecule has 3 heterocycles. The fourth-order valence-electron chi connectivity index (χ4n) is 3.42. The molecule has 0 bridgehead atoms. The molecule has 1 amide bonds. The number of aliphatic hydroxyl groups is 1. The van der Waals surface area contributed by atoms with Crippen molar-refractivity contribution < 1.29 is 9.90 Å². The van der Waals surface area contributed by atoms with Gasteiger partial charge in [0.1, 0.15) is 5.69 Å². The van der Waals surface area contributed by atoms with E-state index in [4.69, 9.17) is 0 Å². The molecule has 6 nitrogen and oxygen atoms in total. The molecule has 7 heteroatoms. The fourth-order valence-corrected chi connectivity index (χ4v) is 4.07. The molecule has 24 heavy (non-hydrogen) atoms. The van der Waals surface area contributed by atoms with E-state index in [0.717, 1.165) is 30.8 Å². The third kappa shape index (κ3) is 3.85. The maximum atomic E-state index is 12.8. The third-order valence-corrected chi connectivity index (χ3v) is 5.10. The predicted octanol–water partition coefficient (Wildman–Crippen LogP) is 1.77. The number of aromatic nitrogens is 2. The average molecular weight is 348 g/mol. The molecule has 2 aromatic rings. The quantitative estimate of drug-likeness (QED) is 0.864. The lowest BCUT2D eigenvalue weighted by Crippen LogP contribution is -2.47. The SMILES string of the molecule is CN(C)C[C@@H]1C[C@@H](CO)CN(C(=O)c2cc(-c3ccsc3)n[nH]2)C1. The second-order valence-corrected chi connectivity index (χ2v) is 7.58. The van der Waals surface area contributed by atoms with Crippen molar-refractivity contribution >= 4 is 17.2 Å². The third-order valence-electron chi connectivity index (χ3n) is 4.42. The Morgan fingerprint density at radius 1 is 1.46 bits per heavy atom. The summed E-state index contributed by atoms with van der Waals surface area (Å²) in [7, 11) is 4.08. The number of aromatic amines is 1. The Labute approximate surface area is 146 Å². The number of thiophene rings is 1. The van der Waals surface area contributed by atoms with Crippen LogP contribution in [0.25, 0.3) is 11.3 Å². The number of nitrogens with zero attached hydrogens (tertiary/aromatic N) is 3. The summed E-state index contributed by atoms with van der Waals surface area (Å²) in [4.78, 5) is 16.8. The Kier molecular flexibility index (Phi) is 5.33. The minimum Gasteiger partial charge on any atom is -0.396 e. The molecule has 2 atom stereocenters. The summed E-state index contributed by atoms with van der Waals surface area (Å²) in [5.74, 6) is 0.493. The van der Waals surface area contributed by atoms with E-state index in [1.807, 2.05) is 41.9 Å². The number of aliphatic hydroxyl groups excluding tert-OH is 1. The maximum absolute atomic E-state index is 12.8. The van der Waals surface area contributed by atoms with Gasteiger partial charge in [0, 0.05) is 37.2 Å². The highest BCUT2D eigenvalue weighted by Gasteiger charge is 2.31. The largest absolute Gasteiger partial charge is 0.396 e. The zero-order chi connectivity index (χ0) is 17.1. The predicted molar refractivity (Wildman–Crippen MR) is 95.0 cm³/mol. The number of H-pyrrole nitrogens is 1. The van der Waals surface area contributed by atoms with E-state index in [0.29, 0.717) is 18.2 Å². The molecule has 0 aliphatic carbocycles. The van der Waals surface area contributed by atoms with Crippen LogP contribution in [0.15, 0.2) is 22.9 Å². The van der Waals surface area contributed by atoms with E-state index in [1.54, 1.807) is 11.3 Å². The molecule has 2 N–H and O–H groups in total. The second kappa shape index (κ2) is 7.46. The number of nitrogens with one attached hydrogen (secondary N) is 1. The van der Waals surface area contributed by atoms with Crippen LogP contribution in [0.5, 0.6) is 0 Å². The summed E-state index contributed by atoms with van der Waals surface area (Å²) in [6.45, 7) is 2.37. The van der Waals surface area contributed by atoms with Gasteiger partial charge in [-0.25, -0.2) is 0 Å². The molecule has 2 aromatic heterocycles. The monoisotopic (exact) mass is 348 g/mol. The van der Waals surface area contributed by atoms with Gasteiger partial charge in [0.2, 0.25) is 0 Å². The van der Waals surface area contributed by atoms with Crippen molar-refractivity contribution in [2.75, 3.05) is 40.3 Å². The van der Waals surface area contributed by atoms with Crippen LogP contribution in [0.4, 0.5) is 0 Å². The molecule has 0 radical (unpaired) electrons. The number of rotatable bonds is 5. The van der Waals surface area contributed by atoms with E-state index in [2.05, 4.69) is 15.1 Å². The van der Waals surface area contributed by atoms with Crippen molar-refractivity contribution in [2.45, 2.75) is 6.42 Å². The normalized spacial score (nSPS) is 21.4. The summed E-state index contributed by atoms with van der Waals surface area (Å²) in [5.41, 5.74) is 2.33. The standard InChI is InChI=1S/C17H24N4O2S/c1-20(2)7-12-5-13(10-22)9-21(8-12)17(23)16-6-15(18-19-16)14-3-4-24-11-14/h3-4,6,11-13,22H,5,7-10H2,1-2H3,(H,18,19)/t12-,13+/m0/s1. The van der Waals surface area contributed by atoms with E-state index in [-0.39, 0.29) is 18.4 Å². The summed E-state index contributed by atoms with van der Waals surface area (Å²) in [5, 5.41) is 20.7. The molecule has 0 aromatic carbocycles. The number of likely N-dealkylation sites (tertiary alicyclic amines) is 1. The zero-order valence-corrected chi connectivity index (χ0v) is 14.9. The van der Waals surface area contributed by atoms with E-state index < -0.39 is 0 Å². The van der Waals surface area contributed by atoms with Crippen molar-refractivity contribution in [2.24, 2.45) is 11.8 Å². The molecule has 130 valence electrons. The Morgan fingerprint density at radius 3 is 2.92 bits per heavy atom. The minimum absolute atomic E-state index is 0.0362. The van der Waals surface area contributed by atoms with Crippen LogP contribution >= 0.6 is 11.3 Å². The smallest absolute Gasteiger partial charge is 0.271 e. The lowest BCUT2D eigenvalue weighted by atomic mass is 9.89.